The normalized spacial score (nSPS) is 14.4. The van der Waals surface area contributed by atoms with E-state index in [4.69, 9.17) is 9.05 Å². The summed E-state index contributed by atoms with van der Waals surface area (Å²) in [4.78, 5) is 25.5. The molecule has 9 heteroatoms. The van der Waals surface area contributed by atoms with E-state index < -0.39 is 26.6 Å². The molecule has 3 atom stereocenters. The Hall–Kier alpha value is -1.80. The van der Waals surface area contributed by atoms with Gasteiger partial charge in [0.15, 0.2) is 0 Å². The predicted octanol–water partition coefficient (Wildman–Crippen LogP) is 17.1. The first-order valence-electron chi connectivity index (χ1n) is 29.2. The number of carbonyl (C=O) groups excluding carboxylic acids is 1. The zero-order chi connectivity index (χ0) is 50.6. The Morgan fingerprint density at radius 3 is 1.30 bits per heavy atom. The summed E-state index contributed by atoms with van der Waals surface area (Å²) in [6.45, 7) is 4.61. The van der Waals surface area contributed by atoms with Gasteiger partial charge >= 0.3 is 0 Å². The highest BCUT2D eigenvalue weighted by molar-refractivity contribution is 7.45. The second-order valence-corrected chi connectivity index (χ2v) is 22.4. The molecule has 0 radical (unpaired) electrons. The van der Waals surface area contributed by atoms with Crippen LogP contribution in [0.2, 0.25) is 0 Å². The van der Waals surface area contributed by atoms with Crippen LogP contribution in [-0.4, -0.2) is 68.5 Å². The summed E-state index contributed by atoms with van der Waals surface area (Å²) in [6, 6.07) is -0.914. The van der Waals surface area contributed by atoms with Gasteiger partial charge in [0, 0.05) is 6.42 Å². The van der Waals surface area contributed by atoms with Crippen molar-refractivity contribution in [3.63, 3.8) is 0 Å². The van der Waals surface area contributed by atoms with E-state index in [1.54, 1.807) is 6.08 Å². The Morgan fingerprint density at radius 2 is 0.855 bits per heavy atom. The van der Waals surface area contributed by atoms with Crippen LogP contribution in [-0.2, 0) is 18.4 Å². The number of phosphoric ester groups is 1. The van der Waals surface area contributed by atoms with E-state index >= 15 is 0 Å². The van der Waals surface area contributed by atoms with Crippen molar-refractivity contribution >= 4 is 13.7 Å². The minimum Gasteiger partial charge on any atom is -0.756 e. The molecule has 8 nitrogen and oxygen atoms in total. The summed E-state index contributed by atoms with van der Waals surface area (Å²) in [5.74, 6) is -0.219. The summed E-state index contributed by atoms with van der Waals surface area (Å²) in [7, 11) is 1.23. The average molecular weight is 990 g/mol. The van der Waals surface area contributed by atoms with Crippen LogP contribution < -0.4 is 10.2 Å². The summed E-state index contributed by atoms with van der Waals surface area (Å²) in [6.07, 6.45) is 68.8. The molecular weight excluding hydrogens is 876 g/mol. The van der Waals surface area contributed by atoms with Gasteiger partial charge in [0.1, 0.15) is 13.2 Å². The number of nitrogens with one attached hydrogen (secondary N) is 1. The first-order valence-corrected chi connectivity index (χ1v) is 30.6. The number of allylic oxidation sites excluding steroid dienone is 9. The predicted molar refractivity (Wildman–Crippen MR) is 297 cm³/mol. The molecule has 0 aliphatic heterocycles. The highest BCUT2D eigenvalue weighted by atomic mass is 31.2. The van der Waals surface area contributed by atoms with Crippen molar-refractivity contribution in [2.24, 2.45) is 0 Å². The van der Waals surface area contributed by atoms with E-state index in [0.29, 0.717) is 17.4 Å². The smallest absolute Gasteiger partial charge is 0.268 e. The molecule has 404 valence electrons. The standard InChI is InChI=1S/C60H113N2O6P/c1-6-8-10-12-14-16-18-20-22-24-26-27-28-29-30-31-32-33-34-36-37-39-41-43-45-47-49-51-53-59(63)58(57-68-69(65,66)67-56-55-62(3,4)5)61-60(64)54-52-50-48-46-44-42-40-38-35-25-23-21-19-17-15-13-11-9-7-2/h15,17,21,23,35,38,43,45,51,53,58-59,63H,6-14,16,18-20,22,24-34,36-37,39-42,44,46-50,52,54-57H2,1-5H3,(H-,61,64,65,66)/b17-15-,23-21-,38-35-,45-43+,53-51+. The van der Waals surface area contributed by atoms with Gasteiger partial charge in [-0.2, -0.15) is 0 Å². The molecule has 0 aromatic rings. The fourth-order valence-corrected chi connectivity index (χ4v) is 9.08. The largest absolute Gasteiger partial charge is 0.756 e. The topological polar surface area (TPSA) is 108 Å². The Kier molecular flexibility index (Phi) is 49.8. The molecule has 2 N–H and O–H groups in total. The average Bonchev–Trinajstić information content (AvgIpc) is 3.31. The van der Waals surface area contributed by atoms with Crippen LogP contribution in [0.1, 0.15) is 264 Å². The maximum atomic E-state index is 12.9. The van der Waals surface area contributed by atoms with E-state index in [1.807, 2.05) is 27.2 Å². The zero-order valence-corrected chi connectivity index (χ0v) is 46.9. The van der Waals surface area contributed by atoms with E-state index in [2.05, 4.69) is 67.8 Å². The number of unbranched alkanes of at least 4 members (excludes halogenated alkanes) is 32. The lowest BCUT2D eigenvalue weighted by molar-refractivity contribution is -0.870. The maximum Gasteiger partial charge on any atom is 0.268 e. The third kappa shape index (κ3) is 53.8. The van der Waals surface area contributed by atoms with Gasteiger partial charge < -0.3 is 28.8 Å². The molecule has 1 amide bonds. The van der Waals surface area contributed by atoms with Crippen LogP contribution in [0.4, 0.5) is 0 Å². The minimum absolute atomic E-state index is 0.0111. The van der Waals surface area contributed by atoms with Gasteiger partial charge in [0.05, 0.1) is 39.9 Å². The SMILES string of the molecule is CCCCC/C=C\C/C=C\C/C=C\CCCCCCCCC(=O)NC(COP(=O)([O-])OCC[N+](C)(C)C)C(O)/C=C/CC/C=C/CCCCCCCCCCCCCCCCCCCCCCCC. The quantitative estimate of drug-likeness (QED) is 0.0272. The molecule has 0 spiro atoms. The van der Waals surface area contributed by atoms with Crippen LogP contribution in [0.5, 0.6) is 0 Å². The lowest BCUT2D eigenvalue weighted by atomic mass is 10.0. The number of hydrogen-bond acceptors (Lipinski definition) is 6. The van der Waals surface area contributed by atoms with Crippen molar-refractivity contribution in [1.82, 2.24) is 5.32 Å². The van der Waals surface area contributed by atoms with Crippen LogP contribution >= 0.6 is 7.82 Å². The van der Waals surface area contributed by atoms with Gasteiger partial charge in [0.2, 0.25) is 5.91 Å². The number of aliphatic hydroxyl groups is 1. The molecule has 0 fully saturated rings. The number of hydrogen-bond donors (Lipinski definition) is 2. The Bertz CT molecular complexity index is 1310. The fraction of sp³-hybridized carbons (Fsp3) is 0.817. The number of phosphoric acid groups is 1. The van der Waals surface area contributed by atoms with Gasteiger partial charge in [-0.05, 0) is 70.6 Å². The second kappa shape index (κ2) is 51.1. The Labute approximate surface area is 428 Å². The van der Waals surface area contributed by atoms with E-state index in [0.717, 1.165) is 64.2 Å². The van der Waals surface area contributed by atoms with Crippen molar-refractivity contribution in [3.05, 3.63) is 60.8 Å². The number of quaternary nitrogens is 1. The Balaban J connectivity index is 4.25. The van der Waals surface area contributed by atoms with Gasteiger partial charge in [-0.1, -0.05) is 248 Å². The molecule has 0 saturated heterocycles. The zero-order valence-electron chi connectivity index (χ0n) is 46.0. The molecular formula is C60H113N2O6P. The van der Waals surface area contributed by atoms with Crippen LogP contribution in [0.15, 0.2) is 60.8 Å². The van der Waals surface area contributed by atoms with Crippen LogP contribution in [0.25, 0.3) is 0 Å². The second-order valence-electron chi connectivity index (χ2n) is 21.0. The molecule has 0 saturated carbocycles. The summed E-state index contributed by atoms with van der Waals surface area (Å²) >= 11 is 0. The lowest BCUT2D eigenvalue weighted by Crippen LogP contribution is -2.45. The van der Waals surface area contributed by atoms with E-state index in [1.165, 1.54) is 180 Å². The molecule has 0 aromatic carbocycles. The number of nitrogens with zero attached hydrogens (tertiary/aromatic N) is 1. The maximum absolute atomic E-state index is 12.9. The van der Waals surface area contributed by atoms with Gasteiger partial charge in [-0.25, -0.2) is 0 Å². The van der Waals surface area contributed by atoms with Crippen LogP contribution in [0, 0.1) is 0 Å². The monoisotopic (exact) mass is 989 g/mol. The van der Waals surface area contributed by atoms with Gasteiger partial charge in [-0.3, -0.25) is 9.36 Å². The number of aliphatic hydroxyl groups excluding tert-OH is 1. The van der Waals surface area contributed by atoms with Crippen molar-refractivity contribution in [3.8, 4) is 0 Å². The van der Waals surface area contributed by atoms with Crippen molar-refractivity contribution in [2.75, 3.05) is 40.9 Å². The lowest BCUT2D eigenvalue weighted by Gasteiger charge is -2.29. The summed E-state index contributed by atoms with van der Waals surface area (Å²) < 4.78 is 23.3. The molecule has 0 heterocycles. The minimum atomic E-state index is -4.61. The molecule has 0 bridgehead atoms. The summed E-state index contributed by atoms with van der Waals surface area (Å²) in [5.41, 5.74) is 0. The number of rotatable bonds is 53. The number of amides is 1. The molecule has 69 heavy (non-hydrogen) atoms. The third-order valence-electron chi connectivity index (χ3n) is 12.9. The first-order chi connectivity index (χ1) is 33.5. The van der Waals surface area contributed by atoms with E-state index in [9.17, 15) is 19.4 Å². The van der Waals surface area contributed by atoms with Gasteiger partial charge in [-0.15, -0.1) is 0 Å². The Morgan fingerprint density at radius 1 is 0.507 bits per heavy atom. The van der Waals surface area contributed by atoms with Crippen molar-refractivity contribution < 1.29 is 32.9 Å². The highest BCUT2D eigenvalue weighted by Gasteiger charge is 2.23. The highest BCUT2D eigenvalue weighted by Crippen LogP contribution is 2.38. The molecule has 0 aromatic heterocycles. The van der Waals surface area contributed by atoms with Gasteiger partial charge in [0.25, 0.3) is 7.82 Å². The van der Waals surface area contributed by atoms with Crippen molar-refractivity contribution in [2.45, 2.75) is 276 Å². The number of carbonyl (C=O) groups is 1. The third-order valence-corrected chi connectivity index (χ3v) is 13.9. The van der Waals surface area contributed by atoms with Crippen LogP contribution in [0.3, 0.4) is 0 Å². The molecule has 0 aliphatic rings. The number of likely N-dealkylation sites (N-methyl/N-ethyl adjacent to an activating group) is 1. The molecule has 3 unspecified atom stereocenters. The molecule has 0 rings (SSSR count). The molecule has 0 aliphatic carbocycles. The first kappa shape index (κ1) is 67.2. The van der Waals surface area contributed by atoms with E-state index in [-0.39, 0.29) is 12.5 Å². The summed E-state index contributed by atoms with van der Waals surface area (Å²) in [5, 5.41) is 13.9. The fourth-order valence-electron chi connectivity index (χ4n) is 8.35. The van der Waals surface area contributed by atoms with Crippen molar-refractivity contribution in [1.29, 1.82) is 0 Å².